The van der Waals surface area contributed by atoms with E-state index in [1.807, 2.05) is 31.2 Å². The Morgan fingerprint density at radius 2 is 2.05 bits per heavy atom. The van der Waals surface area contributed by atoms with Gasteiger partial charge in [0.25, 0.3) is 0 Å². The molecule has 22 heavy (non-hydrogen) atoms. The summed E-state index contributed by atoms with van der Waals surface area (Å²) in [6, 6.07) is 11.5. The second kappa shape index (κ2) is 7.45. The molecule has 0 heterocycles. The number of nitrogens with one attached hydrogen (secondary N) is 2. The molecule has 0 radical (unpaired) electrons. The van der Waals surface area contributed by atoms with Crippen LogP contribution in [0.25, 0.3) is 0 Å². The van der Waals surface area contributed by atoms with Gasteiger partial charge in [-0.15, -0.1) is 0 Å². The Hall–Kier alpha value is -2.56. The second-order valence-corrected chi connectivity index (χ2v) is 4.87. The maximum Gasteiger partial charge on any atom is 0.319 e. The van der Waals surface area contributed by atoms with Gasteiger partial charge in [-0.3, -0.25) is 0 Å². The van der Waals surface area contributed by atoms with Crippen molar-refractivity contribution < 1.29 is 13.9 Å². The highest BCUT2D eigenvalue weighted by atomic mass is 19.1. The van der Waals surface area contributed by atoms with E-state index in [1.54, 1.807) is 6.92 Å². The van der Waals surface area contributed by atoms with Crippen LogP contribution >= 0.6 is 0 Å². The average Bonchev–Trinajstić information content (AvgIpc) is 2.48. The summed E-state index contributed by atoms with van der Waals surface area (Å²) < 4.78 is 18.5. The van der Waals surface area contributed by atoms with Crippen molar-refractivity contribution in [1.29, 1.82) is 0 Å². The standard InChI is InChI=1S/C17H19FN2O2/c1-3-22-16-10-14(18)7-8-15(16)20-17(21)19-11-13-6-4-5-12(2)9-13/h4-10H,3,11H2,1-2H3,(H2,19,20,21). The van der Waals surface area contributed by atoms with E-state index in [1.165, 1.54) is 18.2 Å². The van der Waals surface area contributed by atoms with Gasteiger partial charge in [-0.1, -0.05) is 29.8 Å². The Balaban J connectivity index is 1.97. The Bertz CT molecular complexity index is 659. The molecule has 116 valence electrons. The first-order valence-electron chi connectivity index (χ1n) is 7.11. The summed E-state index contributed by atoms with van der Waals surface area (Å²) in [5.41, 5.74) is 2.58. The van der Waals surface area contributed by atoms with Gasteiger partial charge in [-0.05, 0) is 31.5 Å². The van der Waals surface area contributed by atoms with Crippen molar-refractivity contribution in [1.82, 2.24) is 5.32 Å². The fourth-order valence-electron chi connectivity index (χ4n) is 2.05. The molecule has 0 fully saturated rings. The van der Waals surface area contributed by atoms with Crippen LogP contribution < -0.4 is 15.4 Å². The number of benzene rings is 2. The lowest BCUT2D eigenvalue weighted by atomic mass is 10.1. The Morgan fingerprint density at radius 3 is 2.77 bits per heavy atom. The summed E-state index contributed by atoms with van der Waals surface area (Å²) in [5, 5.41) is 5.42. The van der Waals surface area contributed by atoms with E-state index in [-0.39, 0.29) is 6.03 Å². The Labute approximate surface area is 129 Å². The largest absolute Gasteiger partial charge is 0.492 e. The van der Waals surface area contributed by atoms with Crippen molar-refractivity contribution in [3.05, 3.63) is 59.4 Å². The third kappa shape index (κ3) is 4.48. The van der Waals surface area contributed by atoms with Crippen LogP contribution in [-0.4, -0.2) is 12.6 Å². The minimum atomic E-state index is -0.408. The summed E-state index contributed by atoms with van der Waals surface area (Å²) in [5.74, 6) is -0.0950. The Kier molecular flexibility index (Phi) is 5.36. The van der Waals surface area contributed by atoms with E-state index in [2.05, 4.69) is 10.6 Å². The van der Waals surface area contributed by atoms with Crippen LogP contribution in [0.3, 0.4) is 0 Å². The van der Waals surface area contributed by atoms with E-state index >= 15 is 0 Å². The van der Waals surface area contributed by atoms with Crippen LogP contribution in [0.2, 0.25) is 0 Å². The molecule has 0 aliphatic carbocycles. The first-order valence-corrected chi connectivity index (χ1v) is 7.11. The van der Waals surface area contributed by atoms with Crippen LogP contribution in [0.1, 0.15) is 18.1 Å². The number of hydrogen-bond donors (Lipinski definition) is 2. The van der Waals surface area contributed by atoms with Gasteiger partial charge in [0.05, 0.1) is 12.3 Å². The van der Waals surface area contributed by atoms with E-state index in [4.69, 9.17) is 4.74 Å². The summed E-state index contributed by atoms with van der Waals surface area (Å²) in [7, 11) is 0. The quantitative estimate of drug-likeness (QED) is 0.881. The van der Waals surface area contributed by atoms with E-state index in [0.717, 1.165) is 11.1 Å². The van der Waals surface area contributed by atoms with Crippen molar-refractivity contribution in [2.24, 2.45) is 0 Å². The predicted octanol–water partition coefficient (Wildman–Crippen LogP) is 3.85. The third-order valence-electron chi connectivity index (χ3n) is 3.03. The number of aryl methyl sites for hydroxylation is 1. The van der Waals surface area contributed by atoms with Crippen LogP contribution in [0.4, 0.5) is 14.9 Å². The van der Waals surface area contributed by atoms with Crippen molar-refractivity contribution >= 4 is 11.7 Å². The van der Waals surface area contributed by atoms with E-state index in [0.29, 0.717) is 24.6 Å². The number of anilines is 1. The van der Waals surface area contributed by atoms with Gasteiger partial charge in [0.15, 0.2) is 0 Å². The van der Waals surface area contributed by atoms with Gasteiger partial charge < -0.3 is 15.4 Å². The van der Waals surface area contributed by atoms with Crippen molar-refractivity contribution in [2.75, 3.05) is 11.9 Å². The van der Waals surface area contributed by atoms with E-state index in [9.17, 15) is 9.18 Å². The Morgan fingerprint density at radius 1 is 1.23 bits per heavy atom. The van der Waals surface area contributed by atoms with Crippen molar-refractivity contribution in [2.45, 2.75) is 20.4 Å². The average molecular weight is 302 g/mol. The normalized spacial score (nSPS) is 10.1. The van der Waals surface area contributed by atoms with Crippen molar-refractivity contribution in [3.63, 3.8) is 0 Å². The SMILES string of the molecule is CCOc1cc(F)ccc1NC(=O)NCc1cccc(C)c1. The zero-order valence-corrected chi connectivity index (χ0v) is 12.7. The van der Waals surface area contributed by atoms with Gasteiger partial charge in [-0.25, -0.2) is 9.18 Å². The molecule has 2 amide bonds. The van der Waals surface area contributed by atoms with Crippen LogP contribution in [0, 0.1) is 12.7 Å². The minimum absolute atomic E-state index is 0.313. The molecule has 2 N–H and O–H groups in total. The fourth-order valence-corrected chi connectivity index (χ4v) is 2.05. The molecule has 0 saturated carbocycles. The molecule has 2 aromatic carbocycles. The molecule has 0 unspecified atom stereocenters. The fraction of sp³-hybridized carbons (Fsp3) is 0.235. The lowest BCUT2D eigenvalue weighted by Gasteiger charge is -2.12. The molecule has 5 heteroatoms. The molecular weight excluding hydrogens is 283 g/mol. The number of amides is 2. The lowest BCUT2D eigenvalue weighted by Crippen LogP contribution is -2.28. The number of halogens is 1. The monoisotopic (exact) mass is 302 g/mol. The topological polar surface area (TPSA) is 50.4 Å². The number of ether oxygens (including phenoxy) is 1. The highest BCUT2D eigenvalue weighted by Crippen LogP contribution is 2.25. The lowest BCUT2D eigenvalue weighted by molar-refractivity contribution is 0.251. The molecule has 0 aliphatic heterocycles. The number of carbonyl (C=O) groups excluding carboxylic acids is 1. The zero-order chi connectivity index (χ0) is 15.9. The maximum absolute atomic E-state index is 13.2. The number of urea groups is 1. The second-order valence-electron chi connectivity index (χ2n) is 4.87. The van der Waals surface area contributed by atoms with Gasteiger partial charge in [0.1, 0.15) is 11.6 Å². The maximum atomic E-state index is 13.2. The first-order chi connectivity index (χ1) is 10.6. The summed E-state index contributed by atoms with van der Waals surface area (Å²) >= 11 is 0. The van der Waals surface area contributed by atoms with Crippen LogP contribution in [0.15, 0.2) is 42.5 Å². The molecule has 0 aliphatic rings. The van der Waals surface area contributed by atoms with Gasteiger partial charge in [0, 0.05) is 12.6 Å². The molecule has 0 bridgehead atoms. The molecule has 0 aromatic heterocycles. The molecule has 4 nitrogen and oxygen atoms in total. The van der Waals surface area contributed by atoms with Crippen LogP contribution in [0.5, 0.6) is 5.75 Å². The smallest absolute Gasteiger partial charge is 0.319 e. The minimum Gasteiger partial charge on any atom is -0.492 e. The number of hydrogen-bond acceptors (Lipinski definition) is 2. The molecule has 2 rings (SSSR count). The number of carbonyl (C=O) groups is 1. The van der Waals surface area contributed by atoms with Gasteiger partial charge in [-0.2, -0.15) is 0 Å². The van der Waals surface area contributed by atoms with E-state index < -0.39 is 5.82 Å². The molecule has 0 atom stereocenters. The van der Waals surface area contributed by atoms with Gasteiger partial charge in [0.2, 0.25) is 0 Å². The van der Waals surface area contributed by atoms with Gasteiger partial charge >= 0.3 is 6.03 Å². The zero-order valence-electron chi connectivity index (χ0n) is 12.7. The number of rotatable bonds is 5. The molecule has 0 saturated heterocycles. The van der Waals surface area contributed by atoms with Crippen LogP contribution in [-0.2, 0) is 6.54 Å². The first kappa shape index (κ1) is 15.8. The predicted molar refractivity (Wildman–Crippen MR) is 84.6 cm³/mol. The molecular formula is C17H19FN2O2. The highest BCUT2D eigenvalue weighted by molar-refractivity contribution is 5.90. The van der Waals surface area contributed by atoms with Crippen molar-refractivity contribution in [3.8, 4) is 5.75 Å². The summed E-state index contributed by atoms with van der Waals surface area (Å²) in [4.78, 5) is 11.9. The highest BCUT2D eigenvalue weighted by Gasteiger charge is 2.09. The summed E-state index contributed by atoms with van der Waals surface area (Å²) in [6.45, 7) is 4.60. The molecule has 0 spiro atoms. The summed E-state index contributed by atoms with van der Waals surface area (Å²) in [6.07, 6.45) is 0. The molecule has 2 aromatic rings. The third-order valence-corrected chi connectivity index (χ3v) is 3.03.